The van der Waals surface area contributed by atoms with Crippen molar-refractivity contribution in [3.8, 4) is 28.9 Å². The number of ether oxygens (including phenoxy) is 1. The molecule has 1 amide bonds. The normalized spacial score (nSPS) is 15.9. The van der Waals surface area contributed by atoms with Crippen LogP contribution in [0.1, 0.15) is 34.8 Å². The molecule has 4 N–H and O–H groups in total. The first-order valence-corrected chi connectivity index (χ1v) is 10.6. The number of amides is 1. The SMILES string of the molecule is Cc1cc(Cl)ccc1Oc1ccc(-c2nn([C@@H]3CCCN(C#N)C3)c(N)c2C(N)=O)cc1. The Labute approximate surface area is 190 Å². The van der Waals surface area contributed by atoms with E-state index in [1.165, 1.54) is 0 Å². The molecule has 0 bridgehead atoms. The highest BCUT2D eigenvalue weighted by molar-refractivity contribution is 6.30. The number of carbonyl (C=O) groups excluding carboxylic acids is 1. The first kappa shape index (κ1) is 21.5. The van der Waals surface area contributed by atoms with Gasteiger partial charge in [-0.2, -0.15) is 10.4 Å². The average molecular weight is 451 g/mol. The van der Waals surface area contributed by atoms with E-state index in [1.807, 2.05) is 31.2 Å². The maximum atomic E-state index is 12.2. The van der Waals surface area contributed by atoms with Gasteiger partial charge in [0.2, 0.25) is 0 Å². The summed E-state index contributed by atoms with van der Waals surface area (Å²) in [6, 6.07) is 12.5. The number of aryl methyl sites for hydroxylation is 1. The van der Waals surface area contributed by atoms with Crippen molar-refractivity contribution in [3.05, 3.63) is 58.6 Å². The number of halogens is 1. The zero-order chi connectivity index (χ0) is 22.8. The van der Waals surface area contributed by atoms with Crippen molar-refractivity contribution >= 4 is 23.3 Å². The van der Waals surface area contributed by atoms with Crippen LogP contribution in [-0.2, 0) is 0 Å². The van der Waals surface area contributed by atoms with Crippen molar-refractivity contribution < 1.29 is 9.53 Å². The summed E-state index contributed by atoms with van der Waals surface area (Å²) in [4.78, 5) is 13.9. The van der Waals surface area contributed by atoms with E-state index in [1.54, 1.807) is 27.8 Å². The lowest BCUT2D eigenvalue weighted by Crippen LogP contribution is -2.34. The number of nitriles is 1. The van der Waals surface area contributed by atoms with Crippen molar-refractivity contribution in [2.24, 2.45) is 5.73 Å². The average Bonchev–Trinajstić information content (AvgIpc) is 3.13. The molecule has 164 valence electrons. The van der Waals surface area contributed by atoms with E-state index < -0.39 is 5.91 Å². The molecule has 0 radical (unpaired) electrons. The predicted octanol–water partition coefficient (Wildman–Crippen LogP) is 4.10. The van der Waals surface area contributed by atoms with E-state index in [4.69, 9.17) is 27.8 Å². The lowest BCUT2D eigenvalue weighted by molar-refractivity contribution is 0.100. The number of hydrogen-bond acceptors (Lipinski definition) is 6. The quantitative estimate of drug-likeness (QED) is 0.564. The van der Waals surface area contributed by atoms with Gasteiger partial charge in [0.05, 0.1) is 12.6 Å². The van der Waals surface area contributed by atoms with Crippen LogP contribution < -0.4 is 16.2 Å². The number of carbonyl (C=O) groups is 1. The number of likely N-dealkylation sites (tertiary alicyclic amines) is 1. The molecule has 1 aliphatic rings. The number of primary amides is 1. The standard InChI is InChI=1S/C23H23ClN6O2/c1-14-11-16(24)6-9-19(14)32-18-7-4-15(5-8-18)21-20(23(27)31)22(26)30(28-21)17-3-2-10-29(12-17)13-25/h4-9,11,17H,2-3,10,12,26H2,1H3,(H2,27,31)/t17-/m1/s1. The second-order valence-electron chi connectivity index (χ2n) is 7.80. The molecule has 2 heterocycles. The molecule has 1 saturated heterocycles. The zero-order valence-corrected chi connectivity index (χ0v) is 18.3. The minimum atomic E-state index is -0.645. The van der Waals surface area contributed by atoms with E-state index in [9.17, 15) is 10.1 Å². The number of benzene rings is 2. The first-order chi connectivity index (χ1) is 15.4. The molecule has 0 saturated carbocycles. The van der Waals surface area contributed by atoms with Gasteiger partial charge >= 0.3 is 0 Å². The van der Waals surface area contributed by atoms with E-state index in [2.05, 4.69) is 11.3 Å². The third-order valence-corrected chi connectivity index (χ3v) is 5.81. The third kappa shape index (κ3) is 4.20. The maximum Gasteiger partial charge on any atom is 0.254 e. The van der Waals surface area contributed by atoms with Crippen LogP contribution in [-0.4, -0.2) is 33.7 Å². The van der Waals surface area contributed by atoms with E-state index in [-0.39, 0.29) is 17.4 Å². The number of piperidine rings is 1. The Kier molecular flexibility index (Phi) is 5.93. The second-order valence-corrected chi connectivity index (χ2v) is 8.23. The van der Waals surface area contributed by atoms with Crippen LogP contribution in [0.3, 0.4) is 0 Å². The summed E-state index contributed by atoms with van der Waals surface area (Å²) < 4.78 is 7.57. The molecular weight excluding hydrogens is 428 g/mol. The number of nitrogens with zero attached hydrogens (tertiary/aromatic N) is 4. The Morgan fingerprint density at radius 1 is 1.28 bits per heavy atom. The molecule has 9 heteroatoms. The summed E-state index contributed by atoms with van der Waals surface area (Å²) in [5.41, 5.74) is 14.1. The van der Waals surface area contributed by atoms with Gasteiger partial charge in [-0.1, -0.05) is 11.6 Å². The molecular formula is C23H23ClN6O2. The fourth-order valence-corrected chi connectivity index (χ4v) is 4.18. The van der Waals surface area contributed by atoms with Gasteiger partial charge < -0.3 is 21.1 Å². The highest BCUT2D eigenvalue weighted by atomic mass is 35.5. The molecule has 0 spiro atoms. The summed E-state index contributed by atoms with van der Waals surface area (Å²) in [5, 5.41) is 14.5. The molecule has 32 heavy (non-hydrogen) atoms. The van der Waals surface area contributed by atoms with Crippen molar-refractivity contribution in [1.29, 1.82) is 5.26 Å². The van der Waals surface area contributed by atoms with Crippen LogP contribution in [0.2, 0.25) is 5.02 Å². The fraction of sp³-hybridized carbons (Fsp3) is 0.261. The largest absolute Gasteiger partial charge is 0.457 e. The van der Waals surface area contributed by atoms with E-state index >= 15 is 0 Å². The van der Waals surface area contributed by atoms with Gasteiger partial charge in [0.25, 0.3) is 5.91 Å². The molecule has 1 fully saturated rings. The highest BCUT2D eigenvalue weighted by Gasteiger charge is 2.28. The summed E-state index contributed by atoms with van der Waals surface area (Å²) >= 11 is 6.01. The van der Waals surface area contributed by atoms with Gasteiger partial charge in [-0.25, -0.2) is 4.68 Å². The van der Waals surface area contributed by atoms with Crippen molar-refractivity contribution in [2.75, 3.05) is 18.8 Å². The topological polar surface area (TPSA) is 123 Å². The predicted molar refractivity (Wildman–Crippen MR) is 122 cm³/mol. The summed E-state index contributed by atoms with van der Waals surface area (Å²) in [6.07, 6.45) is 3.83. The summed E-state index contributed by atoms with van der Waals surface area (Å²) in [5.74, 6) is 0.903. The molecule has 1 atom stereocenters. The van der Waals surface area contributed by atoms with Crippen LogP contribution >= 0.6 is 11.6 Å². The number of nitrogen functional groups attached to an aromatic ring is 1. The Bertz CT molecular complexity index is 1200. The van der Waals surface area contributed by atoms with Crippen molar-refractivity contribution in [3.63, 3.8) is 0 Å². The molecule has 4 rings (SSSR count). The van der Waals surface area contributed by atoms with Crippen LogP contribution in [0.4, 0.5) is 5.82 Å². The molecule has 2 aromatic carbocycles. The van der Waals surface area contributed by atoms with Crippen LogP contribution in [0.25, 0.3) is 11.3 Å². The summed E-state index contributed by atoms with van der Waals surface area (Å²) in [6.45, 7) is 3.12. The molecule has 0 unspecified atom stereocenters. The Morgan fingerprint density at radius 2 is 2.03 bits per heavy atom. The maximum absolute atomic E-state index is 12.2. The van der Waals surface area contributed by atoms with Gasteiger partial charge in [0, 0.05) is 17.1 Å². The second kappa shape index (κ2) is 8.81. The van der Waals surface area contributed by atoms with E-state index in [0.29, 0.717) is 40.9 Å². The minimum Gasteiger partial charge on any atom is -0.457 e. The Morgan fingerprint density at radius 3 is 2.69 bits per heavy atom. The lowest BCUT2D eigenvalue weighted by Gasteiger charge is -2.29. The molecule has 1 aliphatic heterocycles. The number of hydrogen-bond donors (Lipinski definition) is 2. The fourth-order valence-electron chi connectivity index (χ4n) is 3.95. The monoisotopic (exact) mass is 450 g/mol. The highest BCUT2D eigenvalue weighted by Crippen LogP contribution is 2.34. The third-order valence-electron chi connectivity index (χ3n) is 5.57. The first-order valence-electron chi connectivity index (χ1n) is 10.2. The Balaban J connectivity index is 1.64. The lowest BCUT2D eigenvalue weighted by atomic mass is 10.1. The van der Waals surface area contributed by atoms with Gasteiger partial charge in [0.15, 0.2) is 6.19 Å². The van der Waals surface area contributed by atoms with Gasteiger partial charge in [-0.05, 0) is 67.8 Å². The molecule has 8 nitrogen and oxygen atoms in total. The minimum absolute atomic E-state index is 0.106. The van der Waals surface area contributed by atoms with Gasteiger partial charge in [-0.3, -0.25) is 4.79 Å². The molecule has 1 aromatic heterocycles. The number of rotatable bonds is 5. The molecule has 3 aromatic rings. The number of nitrogens with two attached hydrogens (primary N) is 2. The van der Waals surface area contributed by atoms with Crippen LogP contribution in [0, 0.1) is 18.4 Å². The van der Waals surface area contributed by atoms with E-state index in [0.717, 1.165) is 18.4 Å². The Hall–Kier alpha value is -3.70. The molecule has 0 aliphatic carbocycles. The van der Waals surface area contributed by atoms with Crippen molar-refractivity contribution in [2.45, 2.75) is 25.8 Å². The van der Waals surface area contributed by atoms with Gasteiger partial charge in [-0.15, -0.1) is 0 Å². The zero-order valence-electron chi connectivity index (χ0n) is 17.6. The summed E-state index contributed by atoms with van der Waals surface area (Å²) in [7, 11) is 0. The van der Waals surface area contributed by atoms with Crippen molar-refractivity contribution in [1.82, 2.24) is 14.7 Å². The van der Waals surface area contributed by atoms with Gasteiger partial charge in [0.1, 0.15) is 28.6 Å². The van der Waals surface area contributed by atoms with Crippen LogP contribution in [0.5, 0.6) is 11.5 Å². The number of anilines is 1. The van der Waals surface area contributed by atoms with Crippen LogP contribution in [0.15, 0.2) is 42.5 Å². The smallest absolute Gasteiger partial charge is 0.254 e. The number of aromatic nitrogens is 2.